The Hall–Kier alpha value is -1.51. The van der Waals surface area contributed by atoms with E-state index < -0.39 is 0 Å². The Kier molecular flexibility index (Phi) is 2.86. The van der Waals surface area contributed by atoms with Crippen molar-refractivity contribution >= 4 is 11.6 Å². The highest BCUT2D eigenvalue weighted by molar-refractivity contribution is 5.99. The maximum Gasteiger partial charge on any atom is 0.253 e. The second kappa shape index (κ2) is 4.16. The van der Waals surface area contributed by atoms with E-state index in [4.69, 9.17) is 5.73 Å². The second-order valence-corrected chi connectivity index (χ2v) is 4.84. The Morgan fingerprint density at radius 3 is 2.75 bits per heavy atom. The fourth-order valence-corrected chi connectivity index (χ4v) is 2.15. The summed E-state index contributed by atoms with van der Waals surface area (Å²) in [4.78, 5) is 11.9. The van der Waals surface area contributed by atoms with Crippen LogP contribution in [0.4, 0.5) is 5.69 Å². The summed E-state index contributed by atoms with van der Waals surface area (Å²) in [6.07, 6.45) is 2.16. The van der Waals surface area contributed by atoms with E-state index in [1.165, 1.54) is 0 Å². The summed E-state index contributed by atoms with van der Waals surface area (Å²) >= 11 is 0. The van der Waals surface area contributed by atoms with Gasteiger partial charge in [0.2, 0.25) is 0 Å². The molecule has 0 unspecified atom stereocenters. The minimum Gasteiger partial charge on any atom is -0.398 e. The molecule has 2 rings (SSSR count). The van der Waals surface area contributed by atoms with Crippen LogP contribution in [0.3, 0.4) is 0 Å². The van der Waals surface area contributed by atoms with Crippen molar-refractivity contribution in [2.75, 3.05) is 5.73 Å². The first-order valence-corrected chi connectivity index (χ1v) is 5.73. The van der Waals surface area contributed by atoms with E-state index >= 15 is 0 Å². The second-order valence-electron chi connectivity index (χ2n) is 4.84. The minimum absolute atomic E-state index is 0.0434. The number of nitrogens with one attached hydrogen (secondary N) is 1. The lowest BCUT2D eigenvalue weighted by atomic mass is 9.82. The van der Waals surface area contributed by atoms with Crippen molar-refractivity contribution in [2.24, 2.45) is 5.92 Å². The smallest absolute Gasteiger partial charge is 0.253 e. The summed E-state index contributed by atoms with van der Waals surface area (Å²) in [5.41, 5.74) is 8.00. The summed E-state index contributed by atoms with van der Waals surface area (Å²) in [6.45, 7) is 4.16. The lowest BCUT2D eigenvalue weighted by Gasteiger charge is -2.33. The van der Waals surface area contributed by atoms with Crippen molar-refractivity contribution < 1.29 is 4.79 Å². The maximum absolute atomic E-state index is 11.9. The summed E-state index contributed by atoms with van der Waals surface area (Å²) in [6, 6.07) is 5.88. The molecular weight excluding hydrogens is 200 g/mol. The number of anilines is 1. The van der Waals surface area contributed by atoms with E-state index in [9.17, 15) is 4.79 Å². The van der Waals surface area contributed by atoms with Crippen LogP contribution in [-0.2, 0) is 0 Å². The van der Waals surface area contributed by atoms with Gasteiger partial charge in [-0.1, -0.05) is 18.6 Å². The van der Waals surface area contributed by atoms with E-state index in [1.54, 1.807) is 6.07 Å². The Bertz CT molecular complexity index is 408. The van der Waals surface area contributed by atoms with E-state index in [2.05, 4.69) is 12.2 Å². The predicted molar refractivity (Wildman–Crippen MR) is 65.2 cm³/mol. The number of nitrogen functional groups attached to an aromatic ring is 1. The van der Waals surface area contributed by atoms with Crippen molar-refractivity contribution in [1.82, 2.24) is 5.32 Å². The quantitative estimate of drug-likeness (QED) is 0.747. The topological polar surface area (TPSA) is 55.1 Å². The van der Waals surface area contributed by atoms with E-state index in [0.29, 0.717) is 17.3 Å². The van der Waals surface area contributed by atoms with Gasteiger partial charge in [0.05, 0.1) is 5.56 Å². The van der Waals surface area contributed by atoms with Crippen LogP contribution in [0.1, 0.15) is 35.7 Å². The van der Waals surface area contributed by atoms with Crippen molar-refractivity contribution in [1.29, 1.82) is 0 Å². The van der Waals surface area contributed by atoms with Gasteiger partial charge in [0.25, 0.3) is 5.91 Å². The number of carbonyl (C=O) groups is 1. The third kappa shape index (κ3) is 2.18. The van der Waals surface area contributed by atoms with Crippen LogP contribution in [-0.4, -0.2) is 11.9 Å². The molecule has 1 aromatic carbocycles. The van der Waals surface area contributed by atoms with E-state index in [0.717, 1.165) is 24.3 Å². The standard InChI is InChI=1S/C13H18N2O/c1-8-3-4-12(14)11(7-8)13(16)15-10-5-9(2)6-10/h3-4,7,9-10H,5-6,14H2,1-2H3,(H,15,16). The molecule has 3 heteroatoms. The molecule has 1 amide bonds. The van der Waals surface area contributed by atoms with Gasteiger partial charge < -0.3 is 11.1 Å². The molecule has 0 heterocycles. The van der Waals surface area contributed by atoms with Crippen LogP contribution in [0, 0.1) is 12.8 Å². The molecule has 3 nitrogen and oxygen atoms in total. The molecule has 1 fully saturated rings. The molecule has 0 aromatic heterocycles. The lowest BCUT2D eigenvalue weighted by Crippen LogP contribution is -2.43. The number of benzene rings is 1. The molecule has 16 heavy (non-hydrogen) atoms. The van der Waals surface area contributed by atoms with Crippen LogP contribution in [0.25, 0.3) is 0 Å². The van der Waals surface area contributed by atoms with E-state index in [-0.39, 0.29) is 5.91 Å². The Morgan fingerprint density at radius 1 is 1.44 bits per heavy atom. The highest BCUT2D eigenvalue weighted by Crippen LogP contribution is 2.26. The number of amides is 1. The first-order valence-electron chi connectivity index (χ1n) is 5.73. The predicted octanol–water partition coefficient (Wildman–Crippen LogP) is 2.11. The monoisotopic (exact) mass is 218 g/mol. The van der Waals surface area contributed by atoms with Gasteiger partial charge in [-0.2, -0.15) is 0 Å². The molecule has 3 N–H and O–H groups in total. The van der Waals surface area contributed by atoms with Crippen LogP contribution in [0.15, 0.2) is 18.2 Å². The van der Waals surface area contributed by atoms with Gasteiger partial charge >= 0.3 is 0 Å². The van der Waals surface area contributed by atoms with Gasteiger partial charge in [-0.15, -0.1) is 0 Å². The van der Waals surface area contributed by atoms with Gasteiger partial charge in [0, 0.05) is 11.7 Å². The SMILES string of the molecule is Cc1ccc(N)c(C(=O)NC2CC(C)C2)c1. The average molecular weight is 218 g/mol. The molecule has 0 spiro atoms. The highest BCUT2D eigenvalue weighted by atomic mass is 16.1. The Labute approximate surface area is 96.0 Å². The molecule has 0 bridgehead atoms. The first-order chi connectivity index (χ1) is 7.56. The molecule has 1 saturated carbocycles. The Balaban J connectivity index is 2.05. The Morgan fingerprint density at radius 2 is 2.12 bits per heavy atom. The van der Waals surface area contributed by atoms with Crippen LogP contribution < -0.4 is 11.1 Å². The number of aryl methyl sites for hydroxylation is 1. The molecule has 0 radical (unpaired) electrons. The van der Waals surface area contributed by atoms with Crippen molar-refractivity contribution in [3.8, 4) is 0 Å². The highest BCUT2D eigenvalue weighted by Gasteiger charge is 2.27. The van der Waals surface area contributed by atoms with E-state index in [1.807, 2.05) is 19.1 Å². The number of nitrogens with two attached hydrogens (primary N) is 1. The van der Waals surface area contributed by atoms with Gasteiger partial charge in [0.1, 0.15) is 0 Å². The zero-order chi connectivity index (χ0) is 11.7. The van der Waals surface area contributed by atoms with Gasteiger partial charge in [0.15, 0.2) is 0 Å². The molecule has 0 atom stereocenters. The third-order valence-electron chi connectivity index (χ3n) is 3.16. The molecule has 1 aromatic rings. The third-order valence-corrected chi connectivity index (χ3v) is 3.16. The zero-order valence-electron chi connectivity index (χ0n) is 9.79. The normalized spacial score (nSPS) is 23.6. The average Bonchev–Trinajstić information content (AvgIpc) is 2.19. The summed E-state index contributed by atoms with van der Waals surface area (Å²) in [5.74, 6) is 0.693. The molecular formula is C13H18N2O. The summed E-state index contributed by atoms with van der Waals surface area (Å²) in [5, 5.41) is 3.01. The van der Waals surface area contributed by atoms with Crippen molar-refractivity contribution in [2.45, 2.75) is 32.7 Å². The minimum atomic E-state index is -0.0434. The summed E-state index contributed by atoms with van der Waals surface area (Å²) in [7, 11) is 0. The van der Waals surface area contributed by atoms with Crippen LogP contribution in [0.5, 0.6) is 0 Å². The molecule has 1 aliphatic rings. The van der Waals surface area contributed by atoms with Crippen molar-refractivity contribution in [3.63, 3.8) is 0 Å². The molecule has 86 valence electrons. The van der Waals surface area contributed by atoms with Gasteiger partial charge in [-0.25, -0.2) is 0 Å². The lowest BCUT2D eigenvalue weighted by molar-refractivity contribution is 0.0897. The van der Waals surface area contributed by atoms with Gasteiger partial charge in [-0.3, -0.25) is 4.79 Å². The fraction of sp³-hybridized carbons (Fsp3) is 0.462. The number of hydrogen-bond donors (Lipinski definition) is 2. The fourth-order valence-electron chi connectivity index (χ4n) is 2.15. The molecule has 0 aliphatic heterocycles. The molecule has 0 saturated heterocycles. The zero-order valence-corrected chi connectivity index (χ0v) is 9.79. The van der Waals surface area contributed by atoms with Crippen LogP contribution in [0.2, 0.25) is 0 Å². The van der Waals surface area contributed by atoms with Crippen LogP contribution >= 0.6 is 0 Å². The van der Waals surface area contributed by atoms with Gasteiger partial charge in [-0.05, 0) is 37.8 Å². The maximum atomic E-state index is 11.9. The summed E-state index contributed by atoms with van der Waals surface area (Å²) < 4.78 is 0. The number of carbonyl (C=O) groups excluding carboxylic acids is 1. The number of rotatable bonds is 2. The van der Waals surface area contributed by atoms with Crippen molar-refractivity contribution in [3.05, 3.63) is 29.3 Å². The number of hydrogen-bond acceptors (Lipinski definition) is 2. The largest absolute Gasteiger partial charge is 0.398 e. The first kappa shape index (κ1) is 11.0. The molecule has 1 aliphatic carbocycles.